The van der Waals surface area contributed by atoms with Crippen LogP contribution in [0.5, 0.6) is 17.2 Å². The second-order valence-corrected chi connectivity index (χ2v) is 6.12. The van der Waals surface area contributed by atoms with Crippen LogP contribution in [0, 0.1) is 13.8 Å². The van der Waals surface area contributed by atoms with Crippen LogP contribution in [0.3, 0.4) is 0 Å². The number of carbonyl (C=O) groups is 1. The molecule has 1 aliphatic heterocycles. The van der Waals surface area contributed by atoms with Gasteiger partial charge in [-0.3, -0.25) is 4.79 Å². The van der Waals surface area contributed by atoms with Gasteiger partial charge in [0.2, 0.25) is 5.91 Å². The third-order valence-corrected chi connectivity index (χ3v) is 3.98. The molecule has 0 saturated heterocycles. The molecule has 1 heterocycles. The number of hydrogen-bond donors (Lipinski definition) is 1. The van der Waals surface area contributed by atoms with E-state index < -0.39 is 0 Å². The number of amides is 1. The van der Waals surface area contributed by atoms with Crippen molar-refractivity contribution in [1.29, 1.82) is 0 Å². The van der Waals surface area contributed by atoms with Gasteiger partial charge in [-0.15, -0.1) is 0 Å². The summed E-state index contributed by atoms with van der Waals surface area (Å²) in [4.78, 5) is 12.1. The first kappa shape index (κ1) is 17.1. The van der Waals surface area contributed by atoms with Gasteiger partial charge in [-0.05, 0) is 43.2 Å². The molecule has 0 saturated carbocycles. The monoisotopic (exact) mass is 341 g/mol. The number of fused-ring (bicyclic) bond motifs is 1. The molecule has 5 nitrogen and oxygen atoms in total. The SMILES string of the molecule is Cc1ccc(OCCNC(=O)Cc2ccc3c(c2)OCCO3)c(C)c1. The highest BCUT2D eigenvalue weighted by atomic mass is 16.6. The minimum Gasteiger partial charge on any atom is -0.491 e. The van der Waals surface area contributed by atoms with Gasteiger partial charge in [0, 0.05) is 0 Å². The van der Waals surface area contributed by atoms with Crippen LogP contribution in [-0.2, 0) is 11.2 Å². The Morgan fingerprint density at radius 1 is 1.08 bits per heavy atom. The molecular weight excluding hydrogens is 318 g/mol. The van der Waals surface area contributed by atoms with Gasteiger partial charge < -0.3 is 19.5 Å². The van der Waals surface area contributed by atoms with E-state index in [9.17, 15) is 4.79 Å². The maximum absolute atomic E-state index is 12.1. The van der Waals surface area contributed by atoms with Crippen LogP contribution in [0.25, 0.3) is 0 Å². The van der Waals surface area contributed by atoms with Crippen molar-refractivity contribution in [2.24, 2.45) is 0 Å². The van der Waals surface area contributed by atoms with Crippen LogP contribution >= 0.6 is 0 Å². The van der Waals surface area contributed by atoms with Crippen LogP contribution in [-0.4, -0.2) is 32.3 Å². The molecule has 0 unspecified atom stereocenters. The Balaban J connectivity index is 1.43. The summed E-state index contributed by atoms with van der Waals surface area (Å²) in [5, 5.41) is 2.88. The van der Waals surface area contributed by atoms with Gasteiger partial charge in [0.05, 0.1) is 13.0 Å². The van der Waals surface area contributed by atoms with E-state index >= 15 is 0 Å². The second-order valence-electron chi connectivity index (χ2n) is 6.12. The van der Waals surface area contributed by atoms with Crippen molar-refractivity contribution in [3.05, 3.63) is 53.1 Å². The Hall–Kier alpha value is -2.69. The van der Waals surface area contributed by atoms with Gasteiger partial charge in [0.15, 0.2) is 11.5 Å². The molecule has 2 aromatic rings. The van der Waals surface area contributed by atoms with Crippen LogP contribution in [0.1, 0.15) is 16.7 Å². The molecule has 132 valence electrons. The number of benzene rings is 2. The normalized spacial score (nSPS) is 12.6. The lowest BCUT2D eigenvalue weighted by molar-refractivity contribution is -0.120. The predicted molar refractivity (Wildman–Crippen MR) is 95.6 cm³/mol. The maximum atomic E-state index is 12.1. The molecule has 1 N–H and O–H groups in total. The van der Waals surface area contributed by atoms with Crippen molar-refractivity contribution in [2.75, 3.05) is 26.4 Å². The molecule has 3 rings (SSSR count). The molecule has 0 bridgehead atoms. The summed E-state index contributed by atoms with van der Waals surface area (Å²) in [6.07, 6.45) is 0.306. The van der Waals surface area contributed by atoms with Crippen LogP contribution in [0.2, 0.25) is 0 Å². The minimum atomic E-state index is -0.0408. The van der Waals surface area contributed by atoms with E-state index in [0.717, 1.165) is 22.6 Å². The molecule has 0 aromatic heterocycles. The summed E-state index contributed by atoms with van der Waals surface area (Å²) in [6, 6.07) is 11.7. The van der Waals surface area contributed by atoms with Gasteiger partial charge in [0.1, 0.15) is 25.6 Å². The quantitative estimate of drug-likeness (QED) is 0.821. The first-order valence-electron chi connectivity index (χ1n) is 8.47. The minimum absolute atomic E-state index is 0.0408. The third kappa shape index (κ3) is 4.66. The summed E-state index contributed by atoms with van der Waals surface area (Å²) < 4.78 is 16.7. The Morgan fingerprint density at radius 3 is 2.68 bits per heavy atom. The zero-order valence-electron chi connectivity index (χ0n) is 14.6. The molecule has 0 fully saturated rings. The van der Waals surface area contributed by atoms with E-state index in [2.05, 4.69) is 18.3 Å². The van der Waals surface area contributed by atoms with Gasteiger partial charge in [0.25, 0.3) is 0 Å². The smallest absolute Gasteiger partial charge is 0.224 e. The lowest BCUT2D eigenvalue weighted by atomic mass is 10.1. The standard InChI is InChI=1S/C20H23NO4/c1-14-3-5-17(15(2)11-14)23-8-7-21-20(22)13-16-4-6-18-19(12-16)25-10-9-24-18/h3-6,11-12H,7-10,13H2,1-2H3,(H,21,22). The number of hydrogen-bond acceptors (Lipinski definition) is 4. The van der Waals surface area contributed by atoms with Crippen molar-refractivity contribution in [3.63, 3.8) is 0 Å². The maximum Gasteiger partial charge on any atom is 0.224 e. The summed E-state index contributed by atoms with van der Waals surface area (Å²) >= 11 is 0. The molecule has 2 aromatic carbocycles. The number of carbonyl (C=O) groups excluding carboxylic acids is 1. The lowest BCUT2D eigenvalue weighted by Gasteiger charge is -2.18. The van der Waals surface area contributed by atoms with Crippen molar-refractivity contribution in [1.82, 2.24) is 5.32 Å². The largest absolute Gasteiger partial charge is 0.491 e. The zero-order valence-corrected chi connectivity index (χ0v) is 14.6. The second kappa shape index (κ2) is 7.92. The lowest BCUT2D eigenvalue weighted by Crippen LogP contribution is -2.29. The molecule has 0 aliphatic carbocycles. The van der Waals surface area contributed by atoms with Crippen molar-refractivity contribution in [2.45, 2.75) is 20.3 Å². The van der Waals surface area contributed by atoms with Gasteiger partial charge in [-0.1, -0.05) is 23.8 Å². The first-order valence-corrected chi connectivity index (χ1v) is 8.47. The van der Waals surface area contributed by atoms with Crippen molar-refractivity contribution < 1.29 is 19.0 Å². The molecular formula is C20H23NO4. The molecule has 1 amide bonds. The van der Waals surface area contributed by atoms with E-state index in [1.807, 2.05) is 37.3 Å². The zero-order chi connectivity index (χ0) is 17.6. The Labute approximate surface area is 147 Å². The van der Waals surface area contributed by atoms with Crippen LogP contribution in [0.4, 0.5) is 0 Å². The molecule has 5 heteroatoms. The highest BCUT2D eigenvalue weighted by Gasteiger charge is 2.13. The predicted octanol–water partition coefficient (Wildman–Crippen LogP) is 2.81. The fourth-order valence-electron chi connectivity index (χ4n) is 2.76. The van der Waals surface area contributed by atoms with Crippen LogP contribution < -0.4 is 19.5 Å². The molecule has 0 radical (unpaired) electrons. The number of nitrogens with one attached hydrogen (secondary N) is 1. The van der Waals surface area contributed by atoms with E-state index in [4.69, 9.17) is 14.2 Å². The highest BCUT2D eigenvalue weighted by molar-refractivity contribution is 5.78. The summed E-state index contributed by atoms with van der Waals surface area (Å²) in [7, 11) is 0. The fraction of sp³-hybridized carbons (Fsp3) is 0.350. The van der Waals surface area contributed by atoms with Crippen LogP contribution in [0.15, 0.2) is 36.4 Å². The topological polar surface area (TPSA) is 56.8 Å². The molecule has 25 heavy (non-hydrogen) atoms. The number of aryl methyl sites for hydroxylation is 2. The Bertz CT molecular complexity index is 757. The van der Waals surface area contributed by atoms with E-state index in [1.165, 1.54) is 5.56 Å². The van der Waals surface area contributed by atoms with E-state index in [-0.39, 0.29) is 5.91 Å². The highest BCUT2D eigenvalue weighted by Crippen LogP contribution is 2.30. The van der Waals surface area contributed by atoms with E-state index in [0.29, 0.717) is 38.5 Å². The molecule has 1 aliphatic rings. The van der Waals surface area contributed by atoms with E-state index in [1.54, 1.807) is 0 Å². The summed E-state index contributed by atoms with van der Waals surface area (Å²) in [5.41, 5.74) is 3.21. The fourth-order valence-corrected chi connectivity index (χ4v) is 2.76. The Morgan fingerprint density at radius 2 is 1.88 bits per heavy atom. The number of rotatable bonds is 6. The summed E-state index contributed by atoms with van der Waals surface area (Å²) in [6.45, 7) is 6.08. The average Bonchev–Trinajstić information content (AvgIpc) is 2.60. The molecule has 0 atom stereocenters. The number of ether oxygens (including phenoxy) is 3. The third-order valence-electron chi connectivity index (χ3n) is 3.98. The van der Waals surface area contributed by atoms with Gasteiger partial charge in [-0.2, -0.15) is 0 Å². The first-order chi connectivity index (χ1) is 12.1. The molecule has 0 spiro atoms. The van der Waals surface area contributed by atoms with Crippen molar-refractivity contribution >= 4 is 5.91 Å². The summed E-state index contributed by atoms with van der Waals surface area (Å²) in [5.74, 6) is 2.25. The Kier molecular flexibility index (Phi) is 5.43. The van der Waals surface area contributed by atoms with Gasteiger partial charge >= 0.3 is 0 Å². The van der Waals surface area contributed by atoms with Gasteiger partial charge in [-0.25, -0.2) is 0 Å². The van der Waals surface area contributed by atoms with Crippen molar-refractivity contribution in [3.8, 4) is 17.2 Å². The average molecular weight is 341 g/mol.